The SMILES string of the molecule is Nc1ncc(-c2ccc(F)cc2)c(C2CCCCN2C(=O)c2ccnc(N3CCOCC3)c2)n1. The number of nitrogen functional groups attached to an aromatic ring is 1. The Labute approximate surface area is 197 Å². The maximum absolute atomic E-state index is 13.7. The van der Waals surface area contributed by atoms with Crippen molar-refractivity contribution in [3.05, 3.63) is 65.9 Å². The van der Waals surface area contributed by atoms with Gasteiger partial charge in [0, 0.05) is 43.2 Å². The van der Waals surface area contributed by atoms with E-state index in [1.165, 1.54) is 12.1 Å². The van der Waals surface area contributed by atoms with Crippen LogP contribution in [0.15, 0.2) is 48.8 Å². The van der Waals surface area contributed by atoms with Gasteiger partial charge in [0.1, 0.15) is 11.6 Å². The molecule has 8 nitrogen and oxygen atoms in total. The van der Waals surface area contributed by atoms with E-state index >= 15 is 0 Å². The lowest BCUT2D eigenvalue weighted by molar-refractivity contribution is 0.0606. The summed E-state index contributed by atoms with van der Waals surface area (Å²) in [5.74, 6) is 0.548. The Morgan fingerprint density at radius 3 is 2.65 bits per heavy atom. The van der Waals surface area contributed by atoms with Crippen molar-refractivity contribution in [1.82, 2.24) is 19.9 Å². The standard InChI is InChI=1S/C25H27FN6O2/c26-19-6-4-17(5-7-19)20-16-29-25(27)30-23(20)21-3-1-2-10-32(21)24(33)18-8-9-28-22(15-18)31-11-13-34-14-12-31/h4-9,15-16,21H,1-3,10-14H2,(H2,27,29,30). The second kappa shape index (κ2) is 9.72. The van der Waals surface area contributed by atoms with Crippen molar-refractivity contribution >= 4 is 17.7 Å². The van der Waals surface area contributed by atoms with E-state index in [1.54, 1.807) is 30.6 Å². The predicted molar refractivity (Wildman–Crippen MR) is 127 cm³/mol. The fourth-order valence-electron chi connectivity index (χ4n) is 4.66. The Kier molecular flexibility index (Phi) is 6.35. The summed E-state index contributed by atoms with van der Waals surface area (Å²) in [5.41, 5.74) is 8.78. The largest absolute Gasteiger partial charge is 0.378 e. The molecule has 1 amide bonds. The maximum atomic E-state index is 13.7. The van der Waals surface area contributed by atoms with Crippen LogP contribution in [0.3, 0.4) is 0 Å². The zero-order valence-corrected chi connectivity index (χ0v) is 18.9. The quantitative estimate of drug-likeness (QED) is 0.634. The Balaban J connectivity index is 1.48. The number of hydrogen-bond donors (Lipinski definition) is 1. The molecular formula is C25H27FN6O2. The predicted octanol–water partition coefficient (Wildman–Crippen LogP) is 3.46. The van der Waals surface area contributed by atoms with Crippen molar-refractivity contribution in [2.75, 3.05) is 43.5 Å². The molecule has 1 unspecified atom stereocenters. The molecule has 0 radical (unpaired) electrons. The molecular weight excluding hydrogens is 435 g/mol. The van der Waals surface area contributed by atoms with Gasteiger partial charge in [-0.15, -0.1) is 0 Å². The molecule has 0 saturated carbocycles. The van der Waals surface area contributed by atoms with Crippen molar-refractivity contribution in [2.45, 2.75) is 25.3 Å². The number of rotatable bonds is 4. The van der Waals surface area contributed by atoms with Gasteiger partial charge in [0.05, 0.1) is 24.9 Å². The van der Waals surface area contributed by atoms with Crippen LogP contribution in [0.5, 0.6) is 0 Å². The highest BCUT2D eigenvalue weighted by molar-refractivity contribution is 5.95. The Morgan fingerprint density at radius 1 is 1.06 bits per heavy atom. The molecule has 176 valence electrons. The first-order valence-electron chi connectivity index (χ1n) is 11.6. The number of nitrogens with zero attached hydrogens (tertiary/aromatic N) is 5. The van der Waals surface area contributed by atoms with E-state index in [0.29, 0.717) is 31.0 Å². The summed E-state index contributed by atoms with van der Waals surface area (Å²) in [7, 11) is 0. The molecule has 0 aliphatic carbocycles. The summed E-state index contributed by atoms with van der Waals surface area (Å²) in [6.45, 7) is 3.41. The lowest BCUT2D eigenvalue weighted by Crippen LogP contribution is -2.40. The van der Waals surface area contributed by atoms with Crippen LogP contribution < -0.4 is 10.6 Å². The van der Waals surface area contributed by atoms with Crippen LogP contribution in [0, 0.1) is 5.82 Å². The van der Waals surface area contributed by atoms with E-state index in [1.807, 2.05) is 11.0 Å². The van der Waals surface area contributed by atoms with Gasteiger partial charge in [0.15, 0.2) is 0 Å². The summed E-state index contributed by atoms with van der Waals surface area (Å²) >= 11 is 0. The summed E-state index contributed by atoms with van der Waals surface area (Å²) in [4.78, 5) is 30.9. The molecule has 0 bridgehead atoms. The number of anilines is 2. The van der Waals surface area contributed by atoms with Crippen LogP contribution in [0.25, 0.3) is 11.1 Å². The molecule has 2 aromatic heterocycles. The highest BCUT2D eigenvalue weighted by atomic mass is 19.1. The van der Waals surface area contributed by atoms with E-state index in [0.717, 1.165) is 49.3 Å². The zero-order valence-electron chi connectivity index (χ0n) is 18.9. The number of pyridine rings is 1. The third kappa shape index (κ3) is 4.56. The minimum Gasteiger partial charge on any atom is -0.378 e. The third-order valence-electron chi connectivity index (χ3n) is 6.40. The van der Waals surface area contributed by atoms with Crippen LogP contribution in [0.2, 0.25) is 0 Å². The molecule has 3 aromatic rings. The second-order valence-corrected chi connectivity index (χ2v) is 8.55. The number of carbonyl (C=O) groups is 1. The fraction of sp³-hybridized carbons (Fsp3) is 0.360. The molecule has 2 saturated heterocycles. The van der Waals surface area contributed by atoms with E-state index in [9.17, 15) is 9.18 Å². The van der Waals surface area contributed by atoms with E-state index in [-0.39, 0.29) is 23.7 Å². The number of nitrogens with two attached hydrogens (primary N) is 1. The van der Waals surface area contributed by atoms with Crippen LogP contribution in [0.1, 0.15) is 41.4 Å². The molecule has 2 fully saturated rings. The molecule has 2 aliphatic rings. The number of hydrogen-bond acceptors (Lipinski definition) is 7. The number of morpholine rings is 1. The molecule has 34 heavy (non-hydrogen) atoms. The van der Waals surface area contributed by atoms with Crippen molar-refractivity contribution in [1.29, 1.82) is 0 Å². The minimum atomic E-state index is -0.315. The number of amides is 1. The van der Waals surface area contributed by atoms with E-state index in [2.05, 4.69) is 19.9 Å². The van der Waals surface area contributed by atoms with Gasteiger partial charge in [0.2, 0.25) is 5.95 Å². The summed E-state index contributed by atoms with van der Waals surface area (Å²) in [6.07, 6.45) is 5.99. The van der Waals surface area contributed by atoms with Crippen molar-refractivity contribution in [2.24, 2.45) is 0 Å². The van der Waals surface area contributed by atoms with Gasteiger partial charge < -0.3 is 20.3 Å². The molecule has 9 heteroatoms. The van der Waals surface area contributed by atoms with Gasteiger partial charge in [0.25, 0.3) is 5.91 Å². The van der Waals surface area contributed by atoms with Crippen LogP contribution in [-0.2, 0) is 4.74 Å². The minimum absolute atomic E-state index is 0.0659. The molecule has 0 spiro atoms. The second-order valence-electron chi connectivity index (χ2n) is 8.55. The molecule has 5 rings (SSSR count). The smallest absolute Gasteiger partial charge is 0.254 e. The van der Waals surface area contributed by atoms with E-state index in [4.69, 9.17) is 10.5 Å². The molecule has 4 heterocycles. The van der Waals surface area contributed by atoms with E-state index < -0.39 is 0 Å². The lowest BCUT2D eigenvalue weighted by atomic mass is 9.93. The average Bonchev–Trinajstić information content (AvgIpc) is 2.89. The number of ether oxygens (including phenoxy) is 1. The highest BCUT2D eigenvalue weighted by Crippen LogP contribution is 2.37. The van der Waals surface area contributed by atoms with Crippen LogP contribution in [-0.4, -0.2) is 58.6 Å². The third-order valence-corrected chi connectivity index (χ3v) is 6.40. The Morgan fingerprint density at radius 2 is 1.85 bits per heavy atom. The Bertz CT molecular complexity index is 1170. The van der Waals surface area contributed by atoms with Crippen LogP contribution in [0.4, 0.5) is 16.2 Å². The number of aromatic nitrogens is 3. The average molecular weight is 463 g/mol. The number of carbonyl (C=O) groups excluding carboxylic acids is 1. The first-order valence-corrected chi connectivity index (χ1v) is 11.6. The van der Waals surface area contributed by atoms with Gasteiger partial charge in [-0.25, -0.2) is 19.3 Å². The summed E-state index contributed by atoms with van der Waals surface area (Å²) in [6, 6.07) is 9.56. The molecule has 1 atom stereocenters. The molecule has 2 aliphatic heterocycles. The number of benzene rings is 1. The van der Waals surface area contributed by atoms with Crippen LogP contribution >= 0.6 is 0 Å². The van der Waals surface area contributed by atoms with Crippen molar-refractivity contribution < 1.29 is 13.9 Å². The van der Waals surface area contributed by atoms with Gasteiger partial charge in [-0.3, -0.25) is 4.79 Å². The van der Waals surface area contributed by atoms with Gasteiger partial charge in [-0.05, 0) is 49.1 Å². The number of piperidine rings is 1. The molecule has 2 N–H and O–H groups in total. The van der Waals surface area contributed by atoms with Gasteiger partial charge in [-0.2, -0.15) is 0 Å². The van der Waals surface area contributed by atoms with Crippen molar-refractivity contribution in [3.63, 3.8) is 0 Å². The number of likely N-dealkylation sites (tertiary alicyclic amines) is 1. The first kappa shape index (κ1) is 22.2. The Hall–Kier alpha value is -3.59. The monoisotopic (exact) mass is 462 g/mol. The van der Waals surface area contributed by atoms with Crippen molar-refractivity contribution in [3.8, 4) is 11.1 Å². The number of halogens is 1. The van der Waals surface area contributed by atoms with Gasteiger partial charge >= 0.3 is 0 Å². The zero-order chi connectivity index (χ0) is 23.5. The normalized spacial score (nSPS) is 18.7. The summed E-state index contributed by atoms with van der Waals surface area (Å²) in [5, 5.41) is 0. The topological polar surface area (TPSA) is 97.5 Å². The van der Waals surface area contributed by atoms with Gasteiger partial charge in [-0.1, -0.05) is 12.1 Å². The maximum Gasteiger partial charge on any atom is 0.254 e. The summed E-state index contributed by atoms with van der Waals surface area (Å²) < 4.78 is 19.0. The fourth-order valence-corrected chi connectivity index (χ4v) is 4.66. The molecule has 1 aromatic carbocycles. The first-order chi connectivity index (χ1) is 16.6. The lowest BCUT2D eigenvalue weighted by Gasteiger charge is -2.36. The highest BCUT2D eigenvalue weighted by Gasteiger charge is 2.32.